The fraction of sp³-hybridized carbons (Fsp3) is 0.125. The first-order valence-corrected chi connectivity index (χ1v) is 6.15. The number of methoxy groups -OCH3 is 1. The van der Waals surface area contributed by atoms with E-state index < -0.39 is 0 Å². The van der Waals surface area contributed by atoms with Crippen LogP contribution in [-0.2, 0) is 0 Å². The average Bonchev–Trinajstić information content (AvgIpc) is 2.48. The summed E-state index contributed by atoms with van der Waals surface area (Å²) in [4.78, 5) is 8.87. The molecule has 0 unspecified atom stereocenters. The van der Waals surface area contributed by atoms with Crippen LogP contribution < -0.4 is 4.74 Å². The second-order valence-electron chi connectivity index (χ2n) is 4.43. The molecule has 1 aromatic carbocycles. The lowest BCUT2D eigenvalue weighted by molar-refractivity contribution is 0.399. The number of ether oxygens (including phenoxy) is 1. The molecule has 0 saturated carbocycles. The molecule has 0 aliphatic carbocycles. The molecule has 0 amide bonds. The quantitative estimate of drug-likeness (QED) is 0.696. The molecule has 0 spiro atoms. The Kier molecular flexibility index (Phi) is 2.88. The second-order valence-corrected chi connectivity index (χ2v) is 4.43. The molecule has 3 nitrogen and oxygen atoms in total. The van der Waals surface area contributed by atoms with E-state index in [0.717, 1.165) is 27.7 Å². The van der Waals surface area contributed by atoms with E-state index >= 15 is 0 Å². The number of hydrogen-bond donors (Lipinski definition) is 0. The summed E-state index contributed by atoms with van der Waals surface area (Å²) in [5.74, 6) is 0.640. The molecule has 3 aromatic rings. The minimum Gasteiger partial charge on any atom is -0.481 e. The first-order valence-electron chi connectivity index (χ1n) is 6.15. The molecule has 0 radical (unpaired) electrons. The topological polar surface area (TPSA) is 35.0 Å². The van der Waals surface area contributed by atoms with Crippen molar-refractivity contribution in [2.45, 2.75) is 6.92 Å². The van der Waals surface area contributed by atoms with Crippen molar-refractivity contribution in [2.24, 2.45) is 0 Å². The van der Waals surface area contributed by atoms with Gasteiger partial charge in [-0.15, -0.1) is 0 Å². The first kappa shape index (κ1) is 11.7. The van der Waals surface area contributed by atoms with E-state index in [2.05, 4.69) is 29.0 Å². The van der Waals surface area contributed by atoms with Crippen LogP contribution in [0, 0.1) is 6.92 Å². The van der Waals surface area contributed by atoms with Crippen LogP contribution in [0.1, 0.15) is 5.56 Å². The van der Waals surface area contributed by atoms with E-state index in [1.54, 1.807) is 13.3 Å². The maximum Gasteiger partial charge on any atom is 0.213 e. The Morgan fingerprint density at radius 2 is 1.95 bits per heavy atom. The van der Waals surface area contributed by atoms with Crippen molar-refractivity contribution in [3.8, 4) is 17.1 Å². The third-order valence-electron chi connectivity index (χ3n) is 3.13. The van der Waals surface area contributed by atoms with E-state index in [-0.39, 0.29) is 0 Å². The van der Waals surface area contributed by atoms with Crippen LogP contribution in [0.5, 0.6) is 5.88 Å². The molecule has 94 valence electrons. The Morgan fingerprint density at radius 1 is 1.05 bits per heavy atom. The van der Waals surface area contributed by atoms with Gasteiger partial charge in [-0.05, 0) is 42.8 Å². The number of aryl methyl sites for hydroxylation is 1. The molecule has 2 heterocycles. The van der Waals surface area contributed by atoms with Crippen LogP contribution >= 0.6 is 0 Å². The first-order chi connectivity index (χ1) is 9.28. The van der Waals surface area contributed by atoms with Gasteiger partial charge in [0, 0.05) is 23.2 Å². The lowest BCUT2D eigenvalue weighted by Gasteiger charge is -2.07. The Hall–Kier alpha value is -2.42. The Morgan fingerprint density at radius 3 is 2.68 bits per heavy atom. The Bertz CT molecular complexity index is 723. The SMILES string of the molecule is COc1ccc2cc(-c3ccccn3)cc(C)c2n1. The number of nitrogens with zero attached hydrogens (tertiary/aromatic N) is 2. The van der Waals surface area contributed by atoms with Gasteiger partial charge in [0.15, 0.2) is 0 Å². The highest BCUT2D eigenvalue weighted by molar-refractivity contribution is 5.87. The van der Waals surface area contributed by atoms with Crippen molar-refractivity contribution in [2.75, 3.05) is 7.11 Å². The normalized spacial score (nSPS) is 10.6. The molecule has 3 heteroatoms. The van der Waals surface area contributed by atoms with Crippen LogP contribution in [0.3, 0.4) is 0 Å². The number of benzene rings is 1. The summed E-state index contributed by atoms with van der Waals surface area (Å²) in [6.45, 7) is 2.06. The summed E-state index contributed by atoms with van der Waals surface area (Å²) in [5.41, 5.74) is 4.18. The molecule has 19 heavy (non-hydrogen) atoms. The lowest BCUT2D eigenvalue weighted by Crippen LogP contribution is -1.91. The highest BCUT2D eigenvalue weighted by Crippen LogP contribution is 2.26. The molecule has 0 N–H and O–H groups in total. The summed E-state index contributed by atoms with van der Waals surface area (Å²) in [6.07, 6.45) is 1.81. The third-order valence-corrected chi connectivity index (χ3v) is 3.13. The van der Waals surface area contributed by atoms with Crippen molar-refractivity contribution in [3.05, 3.63) is 54.2 Å². The maximum atomic E-state index is 5.17. The number of rotatable bonds is 2. The molecule has 0 aliphatic rings. The zero-order valence-electron chi connectivity index (χ0n) is 10.9. The van der Waals surface area contributed by atoms with Crippen molar-refractivity contribution >= 4 is 10.9 Å². The van der Waals surface area contributed by atoms with Crippen LogP contribution in [0.15, 0.2) is 48.7 Å². The second kappa shape index (κ2) is 4.69. The Balaban J connectivity index is 2.20. The van der Waals surface area contributed by atoms with Gasteiger partial charge < -0.3 is 4.74 Å². The predicted octanol–water partition coefficient (Wildman–Crippen LogP) is 3.61. The van der Waals surface area contributed by atoms with Gasteiger partial charge in [0.1, 0.15) is 0 Å². The van der Waals surface area contributed by atoms with Gasteiger partial charge in [-0.2, -0.15) is 0 Å². The van der Waals surface area contributed by atoms with Crippen LogP contribution in [0.2, 0.25) is 0 Å². The van der Waals surface area contributed by atoms with Crippen molar-refractivity contribution in [1.82, 2.24) is 9.97 Å². The van der Waals surface area contributed by atoms with Gasteiger partial charge in [0.25, 0.3) is 0 Å². The molecule has 0 saturated heterocycles. The zero-order valence-corrected chi connectivity index (χ0v) is 10.9. The standard InChI is InChI=1S/C16H14N2O/c1-11-9-13(14-5-3-4-8-17-14)10-12-6-7-15(19-2)18-16(11)12/h3-10H,1-2H3. The van der Waals surface area contributed by atoms with Gasteiger partial charge >= 0.3 is 0 Å². The zero-order chi connectivity index (χ0) is 13.2. The molecule has 3 rings (SSSR count). The largest absolute Gasteiger partial charge is 0.481 e. The van der Waals surface area contributed by atoms with Crippen LogP contribution in [0.4, 0.5) is 0 Å². The highest BCUT2D eigenvalue weighted by atomic mass is 16.5. The van der Waals surface area contributed by atoms with Gasteiger partial charge in [-0.1, -0.05) is 6.07 Å². The molecule has 0 atom stereocenters. The highest BCUT2D eigenvalue weighted by Gasteiger charge is 2.06. The third kappa shape index (κ3) is 2.15. The van der Waals surface area contributed by atoms with Crippen molar-refractivity contribution in [3.63, 3.8) is 0 Å². The molecule has 0 fully saturated rings. The monoisotopic (exact) mass is 250 g/mol. The van der Waals surface area contributed by atoms with Crippen LogP contribution in [0.25, 0.3) is 22.2 Å². The molecular weight excluding hydrogens is 236 g/mol. The fourth-order valence-corrected chi connectivity index (χ4v) is 2.19. The average molecular weight is 250 g/mol. The summed E-state index contributed by atoms with van der Waals surface area (Å²) in [5, 5.41) is 1.10. The number of aromatic nitrogens is 2. The predicted molar refractivity (Wildman–Crippen MR) is 76.3 cm³/mol. The Labute approximate surface area is 111 Å². The smallest absolute Gasteiger partial charge is 0.213 e. The maximum absolute atomic E-state index is 5.17. The van der Waals surface area contributed by atoms with E-state index in [9.17, 15) is 0 Å². The van der Waals surface area contributed by atoms with Crippen molar-refractivity contribution < 1.29 is 4.74 Å². The van der Waals surface area contributed by atoms with E-state index in [4.69, 9.17) is 4.74 Å². The number of pyridine rings is 2. The number of hydrogen-bond acceptors (Lipinski definition) is 3. The summed E-state index contributed by atoms with van der Waals surface area (Å²) < 4.78 is 5.17. The summed E-state index contributed by atoms with van der Waals surface area (Å²) in [6, 6.07) is 14.0. The summed E-state index contributed by atoms with van der Waals surface area (Å²) >= 11 is 0. The fourth-order valence-electron chi connectivity index (χ4n) is 2.19. The van der Waals surface area contributed by atoms with Gasteiger partial charge in [0.2, 0.25) is 5.88 Å². The van der Waals surface area contributed by atoms with Crippen molar-refractivity contribution in [1.29, 1.82) is 0 Å². The van der Waals surface area contributed by atoms with E-state index in [1.165, 1.54) is 0 Å². The minimum absolute atomic E-state index is 0.640. The lowest BCUT2D eigenvalue weighted by atomic mass is 10.0. The van der Waals surface area contributed by atoms with Crippen LogP contribution in [-0.4, -0.2) is 17.1 Å². The molecule has 0 aliphatic heterocycles. The minimum atomic E-state index is 0.640. The molecular formula is C16H14N2O. The van der Waals surface area contributed by atoms with E-state index in [1.807, 2.05) is 30.3 Å². The summed E-state index contributed by atoms with van der Waals surface area (Å²) in [7, 11) is 1.63. The molecule has 0 bridgehead atoms. The van der Waals surface area contributed by atoms with E-state index in [0.29, 0.717) is 5.88 Å². The van der Waals surface area contributed by atoms with Gasteiger partial charge in [-0.25, -0.2) is 4.98 Å². The number of fused-ring (bicyclic) bond motifs is 1. The van der Waals surface area contributed by atoms with Gasteiger partial charge in [0.05, 0.1) is 18.3 Å². The van der Waals surface area contributed by atoms with Gasteiger partial charge in [-0.3, -0.25) is 4.98 Å². The molecule has 2 aromatic heterocycles.